The second-order valence-electron chi connectivity index (χ2n) is 5.35. The topological polar surface area (TPSA) is 80.5 Å². The molecule has 2 rings (SSSR count). The summed E-state index contributed by atoms with van der Waals surface area (Å²) in [6.45, 7) is -1.54. The number of amides is 1. The van der Waals surface area contributed by atoms with Gasteiger partial charge in [0, 0.05) is 12.7 Å². The average molecular weight is 322 g/mol. The number of piperidine rings is 1. The molecule has 1 aliphatic rings. The fourth-order valence-electron chi connectivity index (χ4n) is 2.42. The summed E-state index contributed by atoms with van der Waals surface area (Å²) in [5.74, 6) is -0.569. The first-order chi connectivity index (χ1) is 10.3. The van der Waals surface area contributed by atoms with E-state index in [-0.39, 0.29) is 13.1 Å². The molecule has 7 nitrogen and oxygen atoms in total. The van der Waals surface area contributed by atoms with E-state index < -0.39 is 30.9 Å². The van der Waals surface area contributed by atoms with Gasteiger partial charge in [-0.3, -0.25) is 4.79 Å². The largest absolute Gasteiger partial charge is 0.411 e. The molecule has 2 heterocycles. The molecule has 1 unspecified atom stereocenters. The third kappa shape index (κ3) is 4.95. The van der Waals surface area contributed by atoms with Crippen molar-refractivity contribution < 1.29 is 27.8 Å². The highest BCUT2D eigenvalue weighted by molar-refractivity contribution is 5.77. The molecule has 0 bridgehead atoms. The number of halogens is 3. The van der Waals surface area contributed by atoms with Crippen LogP contribution in [0.1, 0.15) is 12.8 Å². The molecule has 1 aliphatic heterocycles. The normalized spacial score (nSPS) is 22.8. The quantitative estimate of drug-likeness (QED) is 0.838. The predicted molar refractivity (Wildman–Crippen MR) is 67.7 cm³/mol. The molecular formula is C12H17F3N4O3. The minimum Gasteiger partial charge on any atom is -0.386 e. The molecule has 1 aromatic rings. The zero-order valence-corrected chi connectivity index (χ0v) is 11.8. The summed E-state index contributed by atoms with van der Waals surface area (Å²) in [6.07, 6.45) is -0.377. The van der Waals surface area contributed by atoms with Gasteiger partial charge in [0.05, 0.1) is 19.3 Å². The molecule has 1 fully saturated rings. The molecule has 0 aromatic carbocycles. The predicted octanol–water partition coefficient (Wildman–Crippen LogP) is 0.210. The third-order valence-corrected chi connectivity index (χ3v) is 3.33. The van der Waals surface area contributed by atoms with Crippen LogP contribution in [0.25, 0.3) is 0 Å². The van der Waals surface area contributed by atoms with E-state index in [4.69, 9.17) is 0 Å². The summed E-state index contributed by atoms with van der Waals surface area (Å²) in [7, 11) is 0. The van der Waals surface area contributed by atoms with Crippen LogP contribution in [0.4, 0.5) is 13.2 Å². The lowest BCUT2D eigenvalue weighted by atomic mass is 9.93. The van der Waals surface area contributed by atoms with Crippen LogP contribution in [0.3, 0.4) is 0 Å². The first kappa shape index (κ1) is 16.7. The number of likely N-dealkylation sites (tertiary alicyclic amines) is 1. The number of carbonyl (C=O) groups excluding carboxylic acids is 1. The van der Waals surface area contributed by atoms with Gasteiger partial charge in [-0.2, -0.15) is 13.2 Å². The highest BCUT2D eigenvalue weighted by Crippen LogP contribution is 2.23. The van der Waals surface area contributed by atoms with E-state index in [2.05, 4.69) is 15.0 Å². The molecule has 1 saturated heterocycles. The maximum atomic E-state index is 12.0. The van der Waals surface area contributed by atoms with Crippen molar-refractivity contribution in [3.05, 3.63) is 12.4 Å². The van der Waals surface area contributed by atoms with E-state index in [0.717, 1.165) is 0 Å². The van der Waals surface area contributed by atoms with Crippen molar-refractivity contribution in [2.45, 2.75) is 31.2 Å². The summed E-state index contributed by atoms with van der Waals surface area (Å²) < 4.78 is 41.7. The van der Waals surface area contributed by atoms with Gasteiger partial charge in [-0.05, 0) is 12.8 Å². The van der Waals surface area contributed by atoms with E-state index >= 15 is 0 Å². The molecule has 10 heteroatoms. The second kappa shape index (κ2) is 6.61. The summed E-state index contributed by atoms with van der Waals surface area (Å²) in [5.41, 5.74) is -1.17. The van der Waals surface area contributed by atoms with Gasteiger partial charge in [0.1, 0.15) is 18.8 Å². The van der Waals surface area contributed by atoms with Crippen LogP contribution in [0, 0.1) is 0 Å². The van der Waals surface area contributed by atoms with Crippen molar-refractivity contribution in [3.63, 3.8) is 0 Å². The van der Waals surface area contributed by atoms with E-state index in [0.29, 0.717) is 19.4 Å². The van der Waals surface area contributed by atoms with E-state index in [1.54, 1.807) is 6.20 Å². The Kier molecular flexibility index (Phi) is 5.01. The Balaban J connectivity index is 1.85. The molecule has 0 spiro atoms. The van der Waals surface area contributed by atoms with Gasteiger partial charge in [0.2, 0.25) is 5.91 Å². The molecule has 22 heavy (non-hydrogen) atoms. The number of carbonyl (C=O) groups is 1. The Morgan fingerprint density at radius 1 is 1.45 bits per heavy atom. The van der Waals surface area contributed by atoms with E-state index in [1.807, 2.05) is 0 Å². The number of ether oxygens (including phenoxy) is 1. The molecule has 0 aliphatic carbocycles. The highest BCUT2D eigenvalue weighted by Gasteiger charge is 2.36. The van der Waals surface area contributed by atoms with Gasteiger partial charge < -0.3 is 14.7 Å². The lowest BCUT2D eigenvalue weighted by molar-refractivity contribution is -0.179. The summed E-state index contributed by atoms with van der Waals surface area (Å²) in [6, 6.07) is 0. The fourth-order valence-corrected chi connectivity index (χ4v) is 2.42. The SMILES string of the molecule is O=C(COCC(F)(F)F)N1CCCC(O)(Cn2ccnn2)C1. The van der Waals surface area contributed by atoms with Crippen LogP contribution >= 0.6 is 0 Å². The van der Waals surface area contributed by atoms with Crippen LogP contribution < -0.4 is 0 Å². The van der Waals surface area contributed by atoms with E-state index in [9.17, 15) is 23.1 Å². The third-order valence-electron chi connectivity index (χ3n) is 3.33. The molecule has 0 radical (unpaired) electrons. The van der Waals surface area contributed by atoms with Crippen LogP contribution in [0.5, 0.6) is 0 Å². The lowest BCUT2D eigenvalue weighted by Gasteiger charge is -2.39. The van der Waals surface area contributed by atoms with Gasteiger partial charge in [-0.15, -0.1) is 5.10 Å². The van der Waals surface area contributed by atoms with Gasteiger partial charge in [-0.1, -0.05) is 5.21 Å². The molecule has 0 saturated carbocycles. The monoisotopic (exact) mass is 322 g/mol. The summed E-state index contributed by atoms with van der Waals surface area (Å²) >= 11 is 0. The van der Waals surface area contributed by atoms with Crippen LogP contribution in [0.2, 0.25) is 0 Å². The molecule has 1 amide bonds. The Bertz CT molecular complexity index is 494. The first-order valence-electron chi connectivity index (χ1n) is 6.76. The molecule has 124 valence electrons. The number of alkyl halides is 3. The van der Waals surface area contributed by atoms with Crippen molar-refractivity contribution in [1.82, 2.24) is 19.9 Å². The molecule has 1 N–H and O–H groups in total. The lowest BCUT2D eigenvalue weighted by Crippen LogP contribution is -2.53. The summed E-state index contributed by atoms with van der Waals surface area (Å²) in [5, 5.41) is 17.9. The maximum absolute atomic E-state index is 12.0. The Labute approximate surface area is 124 Å². The van der Waals surface area contributed by atoms with Gasteiger partial charge in [-0.25, -0.2) is 4.68 Å². The van der Waals surface area contributed by atoms with Crippen LogP contribution in [-0.2, 0) is 16.1 Å². The Hall–Kier alpha value is -1.68. The van der Waals surface area contributed by atoms with E-state index in [1.165, 1.54) is 15.8 Å². The molecule has 1 aromatic heterocycles. The zero-order chi connectivity index (χ0) is 16.2. The fraction of sp³-hybridized carbons (Fsp3) is 0.750. The maximum Gasteiger partial charge on any atom is 0.411 e. The Morgan fingerprint density at radius 2 is 2.23 bits per heavy atom. The minimum absolute atomic E-state index is 0.0288. The number of hydrogen-bond donors (Lipinski definition) is 1. The highest BCUT2D eigenvalue weighted by atomic mass is 19.4. The Morgan fingerprint density at radius 3 is 2.86 bits per heavy atom. The number of β-amino-alcohol motifs (C(OH)–C–C–N with tert-alkyl or cyclic N) is 1. The average Bonchev–Trinajstić information content (AvgIpc) is 2.89. The van der Waals surface area contributed by atoms with Crippen molar-refractivity contribution in [1.29, 1.82) is 0 Å². The van der Waals surface area contributed by atoms with Crippen molar-refractivity contribution in [3.8, 4) is 0 Å². The molecular weight excluding hydrogens is 305 g/mol. The smallest absolute Gasteiger partial charge is 0.386 e. The van der Waals surface area contributed by atoms with Crippen molar-refractivity contribution in [2.75, 3.05) is 26.3 Å². The second-order valence-corrected chi connectivity index (χ2v) is 5.35. The van der Waals surface area contributed by atoms with Gasteiger partial charge in [0.15, 0.2) is 0 Å². The first-order valence-corrected chi connectivity index (χ1v) is 6.76. The minimum atomic E-state index is -4.46. The number of aliphatic hydroxyl groups is 1. The number of hydrogen-bond acceptors (Lipinski definition) is 5. The van der Waals surface area contributed by atoms with Gasteiger partial charge >= 0.3 is 6.18 Å². The number of rotatable bonds is 5. The number of nitrogens with zero attached hydrogens (tertiary/aromatic N) is 4. The summed E-state index contributed by atoms with van der Waals surface area (Å²) in [4.78, 5) is 13.2. The van der Waals surface area contributed by atoms with Crippen molar-refractivity contribution >= 4 is 5.91 Å². The van der Waals surface area contributed by atoms with Crippen LogP contribution in [-0.4, -0.2) is 69.0 Å². The zero-order valence-electron chi connectivity index (χ0n) is 11.8. The van der Waals surface area contributed by atoms with Crippen LogP contribution in [0.15, 0.2) is 12.4 Å². The van der Waals surface area contributed by atoms with Gasteiger partial charge in [0.25, 0.3) is 0 Å². The standard InChI is InChI=1S/C12H17F3N4O3/c13-12(14,15)9-22-6-10(20)18-4-1-2-11(21,7-18)8-19-5-3-16-17-19/h3,5,21H,1-2,4,6-9H2. The van der Waals surface area contributed by atoms with Crippen molar-refractivity contribution in [2.24, 2.45) is 0 Å². The number of aromatic nitrogens is 3. The molecule has 1 atom stereocenters.